The lowest BCUT2D eigenvalue weighted by molar-refractivity contribution is 0.0995. The second-order valence-corrected chi connectivity index (χ2v) is 6.38. The van der Waals surface area contributed by atoms with Gasteiger partial charge in [-0.3, -0.25) is 9.48 Å². The van der Waals surface area contributed by atoms with Gasteiger partial charge in [-0.2, -0.15) is 4.99 Å². The number of hydrogen-bond donors (Lipinski definition) is 0. The Hall–Kier alpha value is -2.56. The van der Waals surface area contributed by atoms with Crippen LogP contribution in [-0.2, 0) is 13.6 Å². The van der Waals surface area contributed by atoms with E-state index >= 15 is 0 Å². The van der Waals surface area contributed by atoms with Crippen LogP contribution in [0.1, 0.15) is 10.4 Å². The van der Waals surface area contributed by atoms with E-state index < -0.39 is 5.91 Å². The average Bonchev–Trinajstić information content (AvgIpc) is 3.08. The molecule has 0 radical (unpaired) electrons. The largest absolute Gasteiger partial charge is 0.479 e. The van der Waals surface area contributed by atoms with Crippen molar-refractivity contribution in [3.05, 3.63) is 39.8 Å². The molecule has 3 aromatic rings. The molecular weight excluding hydrogens is 348 g/mol. The summed E-state index contributed by atoms with van der Waals surface area (Å²) in [4.78, 5) is 17.2. The van der Waals surface area contributed by atoms with Crippen molar-refractivity contribution < 1.29 is 9.53 Å². The molecule has 0 N–H and O–H groups in total. The van der Waals surface area contributed by atoms with Crippen LogP contribution in [0.5, 0.6) is 5.88 Å². The molecule has 1 aromatic carbocycles. The summed E-state index contributed by atoms with van der Waals surface area (Å²) < 4.78 is 9.32. The minimum Gasteiger partial charge on any atom is -0.479 e. The quantitative estimate of drug-likeness (QED) is 0.674. The molecule has 0 aliphatic rings. The number of nitrogens with zero attached hydrogens (tertiary/aromatic N) is 4. The van der Waals surface area contributed by atoms with E-state index in [0.29, 0.717) is 21.9 Å². The van der Waals surface area contributed by atoms with Crippen molar-refractivity contribution in [1.82, 2.24) is 14.3 Å². The lowest BCUT2D eigenvalue weighted by Crippen LogP contribution is -2.16. The van der Waals surface area contributed by atoms with Gasteiger partial charge in [0.25, 0.3) is 5.91 Å². The fourth-order valence-electron chi connectivity index (χ4n) is 2.29. The first-order valence-corrected chi connectivity index (χ1v) is 8.12. The van der Waals surface area contributed by atoms with Crippen LogP contribution in [0, 0.1) is 12.3 Å². The van der Waals surface area contributed by atoms with Crippen molar-refractivity contribution in [1.29, 1.82) is 0 Å². The Labute approximate surface area is 147 Å². The Kier molecular flexibility index (Phi) is 4.42. The fraction of sp³-hybridized carbons (Fsp3) is 0.188. The van der Waals surface area contributed by atoms with Crippen molar-refractivity contribution in [3.63, 3.8) is 0 Å². The van der Waals surface area contributed by atoms with Crippen LogP contribution in [0.25, 0.3) is 10.2 Å². The van der Waals surface area contributed by atoms with Crippen molar-refractivity contribution >= 4 is 39.1 Å². The Bertz CT molecular complexity index is 1040. The molecule has 0 unspecified atom stereocenters. The summed E-state index contributed by atoms with van der Waals surface area (Å²) in [5, 5.41) is 4.68. The second-order valence-electron chi connectivity index (χ2n) is 4.93. The maximum absolute atomic E-state index is 12.5. The third kappa shape index (κ3) is 2.94. The summed E-state index contributed by atoms with van der Waals surface area (Å²) in [5.41, 5.74) is 1.18. The molecule has 2 heterocycles. The molecule has 0 aliphatic heterocycles. The van der Waals surface area contributed by atoms with Gasteiger partial charge in [-0.1, -0.05) is 28.9 Å². The van der Waals surface area contributed by atoms with Crippen LogP contribution >= 0.6 is 22.9 Å². The third-order valence-corrected chi connectivity index (χ3v) is 4.59. The van der Waals surface area contributed by atoms with Gasteiger partial charge in [0.15, 0.2) is 4.80 Å². The lowest BCUT2D eigenvalue weighted by Gasteiger charge is -1.99. The number of fused-ring (bicyclic) bond motifs is 1. The standard InChI is InChI=1S/C16H13ClN4O2S/c1-4-7-21-12-6-5-10(17)8-13(12)24-16(21)18-14(22)11-9-20(2)19-15(11)23-3/h1,5-6,8-9H,7H2,2-3H3. The van der Waals surface area contributed by atoms with Crippen molar-refractivity contribution in [2.24, 2.45) is 12.0 Å². The van der Waals surface area contributed by atoms with Crippen LogP contribution < -0.4 is 9.54 Å². The normalized spacial score (nSPS) is 11.7. The number of aryl methyl sites for hydroxylation is 1. The Morgan fingerprint density at radius 3 is 3.04 bits per heavy atom. The number of rotatable bonds is 3. The number of methoxy groups -OCH3 is 1. The Morgan fingerprint density at radius 1 is 1.54 bits per heavy atom. The minimum atomic E-state index is -0.441. The molecule has 0 saturated carbocycles. The average molecular weight is 361 g/mol. The van der Waals surface area contributed by atoms with E-state index in [-0.39, 0.29) is 5.88 Å². The molecule has 1 amide bonds. The molecule has 3 rings (SSSR count). The van der Waals surface area contributed by atoms with E-state index in [9.17, 15) is 4.79 Å². The number of thiazole rings is 1. The first kappa shape index (κ1) is 16.3. The number of hydrogen-bond acceptors (Lipinski definition) is 4. The van der Waals surface area contributed by atoms with Gasteiger partial charge in [-0.05, 0) is 18.2 Å². The fourth-order valence-corrected chi connectivity index (χ4v) is 3.59. The van der Waals surface area contributed by atoms with Crippen LogP contribution in [-0.4, -0.2) is 27.4 Å². The van der Waals surface area contributed by atoms with E-state index in [2.05, 4.69) is 16.0 Å². The van der Waals surface area contributed by atoms with Gasteiger partial charge in [0, 0.05) is 18.3 Å². The molecule has 0 bridgehead atoms. The molecule has 6 nitrogen and oxygen atoms in total. The van der Waals surface area contributed by atoms with Gasteiger partial charge < -0.3 is 9.30 Å². The van der Waals surface area contributed by atoms with Gasteiger partial charge in [0.05, 0.1) is 23.9 Å². The zero-order valence-corrected chi connectivity index (χ0v) is 14.6. The molecule has 122 valence electrons. The molecule has 0 spiro atoms. The van der Waals surface area contributed by atoms with Gasteiger partial charge >= 0.3 is 0 Å². The number of terminal acetylenes is 1. The first-order valence-electron chi connectivity index (χ1n) is 6.92. The molecular formula is C16H13ClN4O2S. The molecule has 0 atom stereocenters. The molecule has 0 aliphatic carbocycles. The number of halogens is 1. The van der Waals surface area contributed by atoms with Crippen LogP contribution in [0.3, 0.4) is 0 Å². The number of benzene rings is 1. The smallest absolute Gasteiger partial charge is 0.286 e. The summed E-state index contributed by atoms with van der Waals surface area (Å²) in [7, 11) is 3.17. The lowest BCUT2D eigenvalue weighted by atomic mass is 10.3. The van der Waals surface area contributed by atoms with Crippen molar-refractivity contribution in [2.75, 3.05) is 7.11 Å². The summed E-state index contributed by atoms with van der Waals surface area (Å²) in [6.07, 6.45) is 7.02. The number of ether oxygens (including phenoxy) is 1. The predicted octanol–water partition coefficient (Wildman–Crippen LogP) is 2.47. The van der Waals surface area contributed by atoms with Crippen molar-refractivity contribution in [3.8, 4) is 18.2 Å². The topological polar surface area (TPSA) is 61.4 Å². The van der Waals surface area contributed by atoms with E-state index in [1.807, 2.05) is 12.1 Å². The van der Waals surface area contributed by atoms with E-state index in [0.717, 1.165) is 10.2 Å². The number of carbonyl (C=O) groups excluding carboxylic acids is 1. The van der Waals surface area contributed by atoms with Gasteiger partial charge in [-0.25, -0.2) is 0 Å². The second kappa shape index (κ2) is 6.51. The molecule has 0 fully saturated rings. The Balaban J connectivity index is 2.17. The molecule has 24 heavy (non-hydrogen) atoms. The first-order chi connectivity index (χ1) is 11.5. The predicted molar refractivity (Wildman–Crippen MR) is 93.3 cm³/mol. The zero-order chi connectivity index (χ0) is 17.3. The van der Waals surface area contributed by atoms with E-state index in [1.165, 1.54) is 23.1 Å². The SMILES string of the molecule is C#CCn1c(=NC(=O)c2cn(C)nc2OC)sc2cc(Cl)ccc21. The number of carbonyl (C=O) groups is 1. The summed E-state index contributed by atoms with van der Waals surface area (Å²) in [6, 6.07) is 5.46. The maximum atomic E-state index is 12.5. The summed E-state index contributed by atoms with van der Waals surface area (Å²) in [6.45, 7) is 0.303. The number of aromatic nitrogens is 3. The third-order valence-electron chi connectivity index (χ3n) is 3.31. The summed E-state index contributed by atoms with van der Waals surface area (Å²) in [5.74, 6) is 2.37. The van der Waals surface area contributed by atoms with Gasteiger partial charge in [0.2, 0.25) is 5.88 Å². The Morgan fingerprint density at radius 2 is 2.33 bits per heavy atom. The molecule has 2 aromatic heterocycles. The van der Waals surface area contributed by atoms with Gasteiger partial charge in [-0.15, -0.1) is 11.5 Å². The highest BCUT2D eigenvalue weighted by atomic mass is 35.5. The maximum Gasteiger partial charge on any atom is 0.286 e. The highest BCUT2D eigenvalue weighted by Crippen LogP contribution is 2.22. The van der Waals surface area contributed by atoms with E-state index in [1.54, 1.807) is 23.9 Å². The monoisotopic (exact) mass is 360 g/mol. The highest BCUT2D eigenvalue weighted by molar-refractivity contribution is 7.16. The molecule has 0 saturated heterocycles. The highest BCUT2D eigenvalue weighted by Gasteiger charge is 2.16. The van der Waals surface area contributed by atoms with Crippen molar-refractivity contribution in [2.45, 2.75) is 6.54 Å². The van der Waals surface area contributed by atoms with Gasteiger partial charge in [0.1, 0.15) is 5.56 Å². The van der Waals surface area contributed by atoms with Crippen LogP contribution in [0.4, 0.5) is 0 Å². The van der Waals surface area contributed by atoms with Crippen LogP contribution in [0.15, 0.2) is 29.4 Å². The minimum absolute atomic E-state index is 0.235. The van der Waals surface area contributed by atoms with E-state index in [4.69, 9.17) is 22.8 Å². The summed E-state index contributed by atoms with van der Waals surface area (Å²) >= 11 is 7.38. The molecule has 8 heteroatoms. The number of amides is 1. The van der Waals surface area contributed by atoms with Crippen LogP contribution in [0.2, 0.25) is 5.02 Å². The zero-order valence-electron chi connectivity index (χ0n) is 13.0.